The number of hydrogen-bond acceptors (Lipinski definition) is 1. The summed E-state index contributed by atoms with van der Waals surface area (Å²) in [7, 11) is 0. The van der Waals surface area contributed by atoms with Gasteiger partial charge in [0, 0.05) is 10.0 Å². The van der Waals surface area contributed by atoms with Crippen molar-refractivity contribution < 1.29 is 4.79 Å². The molecule has 0 heterocycles. The second kappa shape index (κ2) is 7.69. The summed E-state index contributed by atoms with van der Waals surface area (Å²) in [6.07, 6.45) is 0.912. The van der Waals surface area contributed by atoms with Crippen molar-refractivity contribution in [3.05, 3.63) is 82.3 Å². The molecule has 0 unspecified atom stereocenters. The Morgan fingerprint density at radius 1 is 0.852 bits per heavy atom. The van der Waals surface area contributed by atoms with Crippen molar-refractivity contribution in [2.24, 2.45) is 0 Å². The van der Waals surface area contributed by atoms with E-state index in [1.54, 1.807) is 4.90 Å². The first-order valence-electron chi connectivity index (χ1n) is 9.02. The molecule has 0 atom stereocenters. The second-order valence-corrected chi connectivity index (χ2v) is 8.63. The van der Waals surface area contributed by atoms with E-state index in [-0.39, 0.29) is 5.41 Å². The van der Waals surface area contributed by atoms with Crippen LogP contribution in [0, 0.1) is 6.92 Å². The van der Waals surface area contributed by atoms with E-state index in [4.69, 9.17) is 0 Å². The van der Waals surface area contributed by atoms with Crippen molar-refractivity contribution in [3.8, 4) is 11.1 Å². The van der Waals surface area contributed by atoms with Gasteiger partial charge in [-0.15, -0.1) is 0 Å². The van der Waals surface area contributed by atoms with Gasteiger partial charge in [0.2, 0.25) is 6.41 Å². The van der Waals surface area contributed by atoms with Gasteiger partial charge in [0.25, 0.3) is 0 Å². The van der Waals surface area contributed by atoms with Gasteiger partial charge in [-0.3, -0.25) is 9.69 Å². The van der Waals surface area contributed by atoms with Crippen LogP contribution < -0.4 is 4.90 Å². The van der Waals surface area contributed by atoms with E-state index in [9.17, 15) is 4.79 Å². The largest absolute Gasteiger partial charge is 0.283 e. The molecule has 3 aromatic rings. The summed E-state index contributed by atoms with van der Waals surface area (Å²) >= 11 is 3.58. The number of halogens is 1. The highest BCUT2D eigenvalue weighted by molar-refractivity contribution is 9.10. The van der Waals surface area contributed by atoms with E-state index >= 15 is 0 Å². The fourth-order valence-electron chi connectivity index (χ4n) is 3.37. The lowest BCUT2D eigenvalue weighted by molar-refractivity contribution is -0.106. The Morgan fingerprint density at radius 2 is 1.52 bits per heavy atom. The fourth-order valence-corrected chi connectivity index (χ4v) is 3.73. The van der Waals surface area contributed by atoms with Crippen molar-refractivity contribution >= 4 is 33.7 Å². The van der Waals surface area contributed by atoms with Crippen molar-refractivity contribution in [1.82, 2.24) is 0 Å². The lowest BCUT2D eigenvalue weighted by Crippen LogP contribution is -2.21. The van der Waals surface area contributed by atoms with Crippen molar-refractivity contribution in [2.45, 2.75) is 33.1 Å². The van der Waals surface area contributed by atoms with Gasteiger partial charge in [0.1, 0.15) is 0 Å². The zero-order valence-corrected chi connectivity index (χ0v) is 17.7. The maximum absolute atomic E-state index is 12.3. The molecule has 0 fully saturated rings. The van der Waals surface area contributed by atoms with Gasteiger partial charge in [-0.05, 0) is 53.3 Å². The van der Waals surface area contributed by atoms with Crippen LogP contribution in [0.5, 0.6) is 0 Å². The molecule has 1 amide bonds. The Bertz CT molecular complexity index is 972. The summed E-state index contributed by atoms with van der Waals surface area (Å²) in [6, 6.07) is 22.4. The van der Waals surface area contributed by atoms with E-state index in [1.807, 2.05) is 42.5 Å². The normalized spacial score (nSPS) is 11.3. The molecule has 0 radical (unpaired) electrons. The Kier molecular flexibility index (Phi) is 5.52. The van der Waals surface area contributed by atoms with Crippen LogP contribution in [-0.2, 0) is 10.2 Å². The molecular formula is C24H24BrNO. The third-order valence-electron chi connectivity index (χ3n) is 4.73. The quantitative estimate of drug-likeness (QED) is 0.414. The average molecular weight is 422 g/mol. The number of anilines is 2. The second-order valence-electron chi connectivity index (χ2n) is 7.72. The van der Waals surface area contributed by atoms with Crippen LogP contribution in [-0.4, -0.2) is 6.41 Å². The molecule has 2 nitrogen and oxygen atoms in total. The molecule has 3 heteroatoms. The number of carbonyl (C=O) groups is 1. The highest BCUT2D eigenvalue weighted by atomic mass is 79.9. The molecule has 0 aromatic heterocycles. The molecule has 0 N–H and O–H groups in total. The first-order chi connectivity index (χ1) is 12.8. The van der Waals surface area contributed by atoms with Crippen LogP contribution in [0.3, 0.4) is 0 Å². The first kappa shape index (κ1) is 19.4. The van der Waals surface area contributed by atoms with Crippen LogP contribution >= 0.6 is 15.9 Å². The fraction of sp³-hybridized carbons (Fsp3) is 0.208. The zero-order chi connectivity index (χ0) is 19.6. The Balaban J connectivity index is 2.25. The van der Waals surface area contributed by atoms with E-state index < -0.39 is 0 Å². The maximum atomic E-state index is 12.3. The number of rotatable bonds is 4. The van der Waals surface area contributed by atoms with Gasteiger partial charge in [-0.25, -0.2) is 0 Å². The van der Waals surface area contributed by atoms with E-state index in [1.165, 1.54) is 5.56 Å². The molecule has 0 saturated heterocycles. The summed E-state index contributed by atoms with van der Waals surface area (Å²) < 4.78 is 0.986. The van der Waals surface area contributed by atoms with Gasteiger partial charge in [0.15, 0.2) is 0 Å². The number of carbonyl (C=O) groups excluding carboxylic acids is 1. The number of amides is 1. The lowest BCUT2D eigenvalue weighted by atomic mass is 9.85. The Hall–Kier alpha value is -2.39. The minimum absolute atomic E-state index is 0.0734. The SMILES string of the molecule is Cc1ccccc1-c1cc(Br)ccc1N(C=O)c1ccccc1C(C)(C)C. The molecule has 0 saturated carbocycles. The molecule has 27 heavy (non-hydrogen) atoms. The summed E-state index contributed by atoms with van der Waals surface area (Å²) in [5.41, 5.74) is 6.17. The zero-order valence-electron chi connectivity index (χ0n) is 16.2. The van der Waals surface area contributed by atoms with E-state index in [0.717, 1.165) is 38.9 Å². The summed E-state index contributed by atoms with van der Waals surface area (Å²) in [4.78, 5) is 14.0. The minimum atomic E-state index is -0.0734. The van der Waals surface area contributed by atoms with Gasteiger partial charge in [-0.1, -0.05) is 79.2 Å². The smallest absolute Gasteiger partial charge is 0.218 e. The standard InChI is InChI=1S/C24H24BrNO/c1-17-9-5-6-10-19(17)20-15-18(25)13-14-22(20)26(16-27)23-12-8-7-11-21(23)24(2,3)4/h5-16H,1-4H3. The topological polar surface area (TPSA) is 20.3 Å². The predicted molar refractivity (Wildman–Crippen MR) is 118 cm³/mol. The van der Waals surface area contributed by atoms with Gasteiger partial charge < -0.3 is 0 Å². The molecule has 0 aliphatic heterocycles. The Labute approximate surface area is 170 Å². The van der Waals surface area contributed by atoms with Crippen LogP contribution in [0.25, 0.3) is 11.1 Å². The monoisotopic (exact) mass is 421 g/mol. The molecule has 3 rings (SSSR count). The Morgan fingerprint density at radius 3 is 2.19 bits per heavy atom. The first-order valence-corrected chi connectivity index (χ1v) is 9.82. The van der Waals surface area contributed by atoms with Crippen LogP contribution in [0.2, 0.25) is 0 Å². The number of para-hydroxylation sites is 1. The van der Waals surface area contributed by atoms with E-state index in [0.29, 0.717) is 0 Å². The number of hydrogen-bond donors (Lipinski definition) is 0. The highest BCUT2D eigenvalue weighted by Crippen LogP contribution is 2.40. The summed E-state index contributed by atoms with van der Waals surface area (Å²) in [5.74, 6) is 0. The summed E-state index contributed by atoms with van der Waals surface area (Å²) in [6.45, 7) is 8.59. The average Bonchev–Trinajstić information content (AvgIpc) is 2.63. The number of nitrogens with zero attached hydrogens (tertiary/aromatic N) is 1. The van der Waals surface area contributed by atoms with Crippen LogP contribution in [0.15, 0.2) is 71.2 Å². The van der Waals surface area contributed by atoms with Crippen molar-refractivity contribution in [2.75, 3.05) is 4.90 Å². The highest BCUT2D eigenvalue weighted by Gasteiger charge is 2.23. The summed E-state index contributed by atoms with van der Waals surface area (Å²) in [5, 5.41) is 0. The molecule has 0 aliphatic rings. The van der Waals surface area contributed by atoms with Gasteiger partial charge in [0.05, 0.1) is 11.4 Å². The molecule has 3 aromatic carbocycles. The van der Waals surface area contributed by atoms with Gasteiger partial charge in [-0.2, -0.15) is 0 Å². The van der Waals surface area contributed by atoms with Crippen molar-refractivity contribution in [3.63, 3.8) is 0 Å². The third kappa shape index (κ3) is 3.98. The molecule has 0 aliphatic carbocycles. The third-order valence-corrected chi connectivity index (χ3v) is 5.22. The molecule has 138 valence electrons. The molecular weight excluding hydrogens is 398 g/mol. The number of aryl methyl sites for hydroxylation is 1. The lowest BCUT2D eigenvalue weighted by Gasteiger charge is -2.29. The molecule has 0 bridgehead atoms. The van der Waals surface area contributed by atoms with E-state index in [2.05, 4.69) is 67.9 Å². The minimum Gasteiger partial charge on any atom is -0.283 e. The molecule has 0 spiro atoms. The maximum Gasteiger partial charge on any atom is 0.218 e. The predicted octanol–water partition coefficient (Wildman–Crippen LogP) is 7.02. The van der Waals surface area contributed by atoms with Gasteiger partial charge >= 0.3 is 0 Å². The van der Waals surface area contributed by atoms with Crippen LogP contribution in [0.4, 0.5) is 11.4 Å². The number of benzene rings is 3. The van der Waals surface area contributed by atoms with Crippen molar-refractivity contribution in [1.29, 1.82) is 0 Å². The van der Waals surface area contributed by atoms with Crippen LogP contribution in [0.1, 0.15) is 31.9 Å².